The molecule has 0 bridgehead atoms. The second-order valence-corrected chi connectivity index (χ2v) is 4.68. The van der Waals surface area contributed by atoms with Crippen molar-refractivity contribution in [2.45, 2.75) is 12.3 Å². The summed E-state index contributed by atoms with van der Waals surface area (Å²) >= 11 is 0. The van der Waals surface area contributed by atoms with Crippen LogP contribution in [0.5, 0.6) is 5.75 Å². The van der Waals surface area contributed by atoms with Gasteiger partial charge in [-0.2, -0.15) is 0 Å². The third-order valence-corrected chi connectivity index (χ3v) is 3.21. The van der Waals surface area contributed by atoms with Gasteiger partial charge in [0.2, 0.25) is 0 Å². The van der Waals surface area contributed by atoms with Gasteiger partial charge >= 0.3 is 5.97 Å². The first kappa shape index (κ1) is 14.8. The Morgan fingerprint density at radius 3 is 2.43 bits per heavy atom. The van der Waals surface area contributed by atoms with Crippen LogP contribution in [0.2, 0.25) is 0 Å². The number of hydrogen-bond donors (Lipinski definition) is 1. The summed E-state index contributed by atoms with van der Waals surface area (Å²) in [5, 5.41) is 9.33. The van der Waals surface area contributed by atoms with Gasteiger partial charge in [0, 0.05) is 6.42 Å². The Bertz CT molecular complexity index is 634. The number of benzene rings is 2. The molecular formula is C17H16O4. The highest BCUT2D eigenvalue weighted by Crippen LogP contribution is 2.21. The number of methoxy groups -OCH3 is 1. The second-order valence-electron chi connectivity index (χ2n) is 4.68. The van der Waals surface area contributed by atoms with Crippen LogP contribution in [0.4, 0.5) is 0 Å². The summed E-state index contributed by atoms with van der Waals surface area (Å²) in [5.74, 6) is -1.97. The first-order valence-corrected chi connectivity index (χ1v) is 6.55. The summed E-state index contributed by atoms with van der Waals surface area (Å²) in [7, 11) is 1.55. The standard InChI is InChI=1S/C17H16O4/c1-21-14-9-5-6-12(10-14)11-15(18)16(17(19)20)13-7-3-2-4-8-13/h2-10,16H,11H2,1H3,(H,19,20). The largest absolute Gasteiger partial charge is 0.497 e. The lowest BCUT2D eigenvalue weighted by Gasteiger charge is -2.12. The molecule has 21 heavy (non-hydrogen) atoms. The molecule has 0 aromatic heterocycles. The van der Waals surface area contributed by atoms with Crippen LogP contribution in [-0.4, -0.2) is 24.0 Å². The predicted octanol–water partition coefficient (Wildman–Crippen LogP) is 2.68. The molecule has 4 nitrogen and oxygen atoms in total. The minimum absolute atomic E-state index is 0.0586. The zero-order valence-corrected chi connectivity index (χ0v) is 11.7. The first-order chi connectivity index (χ1) is 10.1. The quantitative estimate of drug-likeness (QED) is 0.828. The smallest absolute Gasteiger partial charge is 0.318 e. The first-order valence-electron chi connectivity index (χ1n) is 6.55. The van der Waals surface area contributed by atoms with Crippen LogP contribution < -0.4 is 4.74 Å². The fraction of sp³-hybridized carbons (Fsp3) is 0.176. The van der Waals surface area contributed by atoms with E-state index in [0.29, 0.717) is 11.3 Å². The summed E-state index contributed by atoms with van der Waals surface area (Å²) < 4.78 is 5.10. The number of carboxylic acid groups (broad SMARTS) is 1. The zero-order valence-electron chi connectivity index (χ0n) is 11.7. The third-order valence-electron chi connectivity index (χ3n) is 3.21. The van der Waals surface area contributed by atoms with Crippen molar-refractivity contribution in [1.29, 1.82) is 0 Å². The Morgan fingerprint density at radius 2 is 1.81 bits per heavy atom. The van der Waals surface area contributed by atoms with Gasteiger partial charge in [0.25, 0.3) is 0 Å². The number of aliphatic carboxylic acids is 1. The van der Waals surface area contributed by atoms with Gasteiger partial charge in [0.1, 0.15) is 11.7 Å². The number of hydrogen-bond acceptors (Lipinski definition) is 3. The van der Waals surface area contributed by atoms with Gasteiger partial charge in [-0.25, -0.2) is 0 Å². The van der Waals surface area contributed by atoms with Crippen molar-refractivity contribution < 1.29 is 19.4 Å². The molecule has 0 amide bonds. The van der Waals surface area contributed by atoms with E-state index in [4.69, 9.17) is 4.74 Å². The molecule has 2 aromatic rings. The highest BCUT2D eigenvalue weighted by atomic mass is 16.5. The molecule has 0 aliphatic carbocycles. The molecule has 2 aromatic carbocycles. The number of ketones is 1. The van der Waals surface area contributed by atoms with Crippen LogP contribution in [0.25, 0.3) is 0 Å². The van der Waals surface area contributed by atoms with Gasteiger partial charge in [-0.3, -0.25) is 9.59 Å². The molecule has 0 aliphatic heterocycles. The predicted molar refractivity (Wildman–Crippen MR) is 78.5 cm³/mol. The van der Waals surface area contributed by atoms with E-state index in [1.165, 1.54) is 0 Å². The molecule has 0 spiro atoms. The number of carboxylic acids is 1. The average Bonchev–Trinajstić information content (AvgIpc) is 2.48. The number of carbonyl (C=O) groups is 2. The van der Waals surface area contributed by atoms with Crippen molar-refractivity contribution in [2.75, 3.05) is 7.11 Å². The molecule has 0 radical (unpaired) electrons. The number of Topliss-reactive ketones (excluding diaryl/α,β-unsaturated/α-hetero) is 1. The summed E-state index contributed by atoms with van der Waals surface area (Å²) in [6.45, 7) is 0. The maximum absolute atomic E-state index is 12.3. The monoisotopic (exact) mass is 284 g/mol. The number of rotatable bonds is 6. The fourth-order valence-corrected chi connectivity index (χ4v) is 2.20. The lowest BCUT2D eigenvalue weighted by Crippen LogP contribution is -2.23. The molecule has 0 fully saturated rings. The summed E-state index contributed by atoms with van der Waals surface area (Å²) in [6, 6.07) is 15.6. The molecule has 2 rings (SSSR count). The van der Waals surface area contributed by atoms with E-state index in [1.54, 1.807) is 61.7 Å². The van der Waals surface area contributed by atoms with E-state index >= 15 is 0 Å². The topological polar surface area (TPSA) is 63.6 Å². The van der Waals surface area contributed by atoms with Crippen molar-refractivity contribution in [1.82, 2.24) is 0 Å². The van der Waals surface area contributed by atoms with Gasteiger partial charge in [-0.1, -0.05) is 42.5 Å². The van der Waals surface area contributed by atoms with Gasteiger partial charge in [0.05, 0.1) is 7.11 Å². The molecule has 108 valence electrons. The maximum Gasteiger partial charge on any atom is 0.318 e. The van der Waals surface area contributed by atoms with Crippen LogP contribution >= 0.6 is 0 Å². The lowest BCUT2D eigenvalue weighted by atomic mass is 9.91. The van der Waals surface area contributed by atoms with Crippen LogP contribution in [0.15, 0.2) is 54.6 Å². The van der Waals surface area contributed by atoms with Crippen molar-refractivity contribution in [2.24, 2.45) is 0 Å². The van der Waals surface area contributed by atoms with E-state index in [0.717, 1.165) is 5.56 Å². The molecule has 1 atom stereocenters. The molecule has 1 unspecified atom stereocenters. The molecule has 0 aliphatic rings. The Hall–Kier alpha value is -2.62. The van der Waals surface area contributed by atoms with Crippen LogP contribution in [0, 0.1) is 0 Å². The van der Waals surface area contributed by atoms with E-state index in [-0.39, 0.29) is 12.2 Å². The summed E-state index contributed by atoms with van der Waals surface area (Å²) in [4.78, 5) is 23.7. The third kappa shape index (κ3) is 3.69. The molecule has 4 heteroatoms. The second kappa shape index (κ2) is 6.70. The van der Waals surface area contributed by atoms with E-state index in [2.05, 4.69) is 0 Å². The van der Waals surface area contributed by atoms with E-state index < -0.39 is 11.9 Å². The Morgan fingerprint density at radius 1 is 1.10 bits per heavy atom. The molecule has 0 heterocycles. The number of ether oxygens (including phenoxy) is 1. The van der Waals surface area contributed by atoms with E-state index in [1.807, 2.05) is 0 Å². The Labute approximate surface area is 123 Å². The highest BCUT2D eigenvalue weighted by Gasteiger charge is 2.27. The van der Waals surface area contributed by atoms with Gasteiger partial charge in [0.15, 0.2) is 5.78 Å². The van der Waals surface area contributed by atoms with Crippen molar-refractivity contribution in [3.8, 4) is 5.75 Å². The summed E-state index contributed by atoms with van der Waals surface area (Å²) in [6.07, 6.45) is 0.0586. The molecule has 1 N–H and O–H groups in total. The molecular weight excluding hydrogens is 268 g/mol. The zero-order chi connectivity index (χ0) is 15.2. The minimum atomic E-state index is -1.14. The molecule has 0 saturated carbocycles. The van der Waals surface area contributed by atoms with E-state index in [9.17, 15) is 14.7 Å². The normalized spacial score (nSPS) is 11.7. The SMILES string of the molecule is COc1cccc(CC(=O)C(C(=O)O)c2ccccc2)c1. The minimum Gasteiger partial charge on any atom is -0.497 e. The Balaban J connectivity index is 2.21. The van der Waals surface area contributed by atoms with Crippen LogP contribution in [0.1, 0.15) is 17.0 Å². The number of carbonyl (C=O) groups excluding carboxylic acids is 1. The van der Waals surface area contributed by atoms with Crippen LogP contribution in [-0.2, 0) is 16.0 Å². The van der Waals surface area contributed by atoms with Crippen molar-refractivity contribution >= 4 is 11.8 Å². The summed E-state index contributed by atoms with van der Waals surface area (Å²) in [5.41, 5.74) is 1.24. The van der Waals surface area contributed by atoms with Gasteiger partial charge < -0.3 is 9.84 Å². The average molecular weight is 284 g/mol. The van der Waals surface area contributed by atoms with Gasteiger partial charge in [-0.05, 0) is 23.3 Å². The van der Waals surface area contributed by atoms with Crippen molar-refractivity contribution in [3.63, 3.8) is 0 Å². The fourth-order valence-electron chi connectivity index (χ4n) is 2.20. The molecule has 0 saturated heterocycles. The van der Waals surface area contributed by atoms with Crippen molar-refractivity contribution in [3.05, 3.63) is 65.7 Å². The lowest BCUT2D eigenvalue weighted by molar-refractivity contribution is -0.142. The van der Waals surface area contributed by atoms with Gasteiger partial charge in [-0.15, -0.1) is 0 Å². The van der Waals surface area contributed by atoms with Crippen LogP contribution in [0.3, 0.4) is 0 Å². The highest BCUT2D eigenvalue weighted by molar-refractivity contribution is 6.04. The Kier molecular flexibility index (Phi) is 4.72. The maximum atomic E-state index is 12.3.